The number of nitrogens with one attached hydrogen (secondary N) is 1. The molecule has 28 heavy (non-hydrogen) atoms. The van der Waals surface area contributed by atoms with E-state index in [4.69, 9.17) is 11.6 Å². The molecule has 1 aromatic carbocycles. The van der Waals surface area contributed by atoms with Crippen molar-refractivity contribution in [3.05, 3.63) is 64.9 Å². The van der Waals surface area contributed by atoms with Crippen molar-refractivity contribution >= 4 is 22.6 Å². The summed E-state index contributed by atoms with van der Waals surface area (Å²) >= 11 is 6.28. The Labute approximate surface area is 168 Å². The third-order valence-corrected chi connectivity index (χ3v) is 5.00. The summed E-state index contributed by atoms with van der Waals surface area (Å²) in [5.41, 5.74) is 6.12. The molecule has 3 heterocycles. The van der Waals surface area contributed by atoms with Gasteiger partial charge >= 0.3 is 0 Å². The minimum atomic E-state index is -0.0901. The van der Waals surface area contributed by atoms with Crippen LogP contribution in [0.3, 0.4) is 0 Å². The van der Waals surface area contributed by atoms with E-state index in [1.54, 1.807) is 18.5 Å². The smallest absolute Gasteiger partial charge is 0.157 e. The molecule has 5 nitrogen and oxygen atoms in total. The molecule has 0 amide bonds. The van der Waals surface area contributed by atoms with Crippen molar-refractivity contribution in [1.29, 1.82) is 0 Å². The maximum Gasteiger partial charge on any atom is 0.157 e. The van der Waals surface area contributed by atoms with Crippen LogP contribution < -0.4 is 0 Å². The van der Waals surface area contributed by atoms with Crippen molar-refractivity contribution in [3.63, 3.8) is 0 Å². The number of aliphatic hydroxyl groups is 1. The summed E-state index contributed by atoms with van der Waals surface area (Å²) in [6.07, 6.45) is 3.34. The molecule has 3 aromatic heterocycles. The molecule has 4 rings (SSSR count). The summed E-state index contributed by atoms with van der Waals surface area (Å²) in [4.78, 5) is 16.9. The molecule has 0 bridgehead atoms. The highest BCUT2D eigenvalue weighted by molar-refractivity contribution is 6.33. The standard InChI is InChI=1S/C22H21ClN4O/c1-22(2,3)15-5-7-17-19(9-15)27-21(26-17)18-6-4-14(11-24-18)20-16(23)8-13(12-28)10-25-20/h4-11,28H,12H2,1-3H3,(H,26,27). The van der Waals surface area contributed by atoms with Gasteiger partial charge < -0.3 is 10.1 Å². The highest BCUT2D eigenvalue weighted by Crippen LogP contribution is 2.29. The quantitative estimate of drug-likeness (QED) is 0.506. The Balaban J connectivity index is 1.67. The maximum absolute atomic E-state index is 9.19. The lowest BCUT2D eigenvalue weighted by atomic mass is 9.87. The van der Waals surface area contributed by atoms with E-state index >= 15 is 0 Å². The molecule has 0 spiro atoms. The topological polar surface area (TPSA) is 74.7 Å². The number of benzene rings is 1. The van der Waals surface area contributed by atoms with Crippen molar-refractivity contribution in [3.8, 4) is 22.8 Å². The Morgan fingerprint density at radius 2 is 1.86 bits per heavy atom. The summed E-state index contributed by atoms with van der Waals surface area (Å²) in [5.74, 6) is 0.724. The van der Waals surface area contributed by atoms with Crippen LogP contribution in [0.15, 0.2) is 48.8 Å². The SMILES string of the molecule is CC(C)(C)c1ccc2nc(-c3ccc(-c4ncc(CO)cc4Cl)cn3)[nH]c2c1. The van der Waals surface area contributed by atoms with Gasteiger partial charge in [-0.25, -0.2) is 4.98 Å². The highest BCUT2D eigenvalue weighted by Gasteiger charge is 2.15. The second-order valence-electron chi connectivity index (χ2n) is 7.83. The normalized spacial score (nSPS) is 11.9. The van der Waals surface area contributed by atoms with Gasteiger partial charge in [-0.15, -0.1) is 0 Å². The van der Waals surface area contributed by atoms with Crippen LogP contribution in [0.2, 0.25) is 5.02 Å². The van der Waals surface area contributed by atoms with E-state index in [-0.39, 0.29) is 12.0 Å². The third kappa shape index (κ3) is 3.51. The number of rotatable bonds is 3. The first-order chi connectivity index (χ1) is 13.3. The maximum atomic E-state index is 9.19. The molecule has 0 atom stereocenters. The van der Waals surface area contributed by atoms with Gasteiger partial charge in [0.15, 0.2) is 5.82 Å². The van der Waals surface area contributed by atoms with Gasteiger partial charge in [0.05, 0.1) is 28.4 Å². The molecular formula is C22H21ClN4O. The van der Waals surface area contributed by atoms with Crippen LogP contribution in [-0.2, 0) is 12.0 Å². The van der Waals surface area contributed by atoms with E-state index in [1.807, 2.05) is 18.2 Å². The molecule has 0 radical (unpaired) electrons. The molecule has 0 saturated heterocycles. The molecule has 0 fully saturated rings. The molecule has 4 aromatic rings. The van der Waals surface area contributed by atoms with E-state index in [0.717, 1.165) is 28.1 Å². The van der Waals surface area contributed by atoms with Crippen molar-refractivity contribution in [2.24, 2.45) is 0 Å². The molecule has 6 heteroatoms. The molecule has 0 aliphatic rings. The van der Waals surface area contributed by atoms with Crippen LogP contribution in [-0.4, -0.2) is 25.0 Å². The largest absolute Gasteiger partial charge is 0.392 e. The Kier molecular flexibility index (Phi) is 4.65. The first-order valence-corrected chi connectivity index (χ1v) is 9.45. The number of aromatic amines is 1. The fourth-order valence-electron chi connectivity index (χ4n) is 3.05. The monoisotopic (exact) mass is 392 g/mol. The van der Waals surface area contributed by atoms with Crippen LogP contribution in [0.4, 0.5) is 0 Å². The number of nitrogens with zero attached hydrogens (tertiary/aromatic N) is 3. The summed E-state index contributed by atoms with van der Waals surface area (Å²) < 4.78 is 0. The fraction of sp³-hybridized carbons (Fsp3) is 0.227. The molecule has 0 unspecified atom stereocenters. The van der Waals surface area contributed by atoms with Crippen LogP contribution in [0.1, 0.15) is 31.9 Å². The summed E-state index contributed by atoms with van der Waals surface area (Å²) in [6.45, 7) is 6.49. The number of pyridine rings is 2. The van der Waals surface area contributed by atoms with E-state index < -0.39 is 0 Å². The van der Waals surface area contributed by atoms with Gasteiger partial charge in [-0.2, -0.15) is 0 Å². The van der Waals surface area contributed by atoms with Gasteiger partial charge in [0, 0.05) is 18.0 Å². The van der Waals surface area contributed by atoms with E-state index in [2.05, 4.69) is 52.8 Å². The Bertz CT molecular complexity index is 1140. The van der Waals surface area contributed by atoms with Crippen molar-refractivity contribution in [2.45, 2.75) is 32.8 Å². The second-order valence-corrected chi connectivity index (χ2v) is 8.24. The minimum absolute atomic E-state index is 0.0806. The highest BCUT2D eigenvalue weighted by atomic mass is 35.5. The zero-order valence-electron chi connectivity index (χ0n) is 16.0. The van der Waals surface area contributed by atoms with E-state index in [0.29, 0.717) is 16.3 Å². The lowest BCUT2D eigenvalue weighted by Crippen LogP contribution is -2.10. The van der Waals surface area contributed by atoms with Crippen LogP contribution in [0, 0.1) is 0 Å². The zero-order chi connectivity index (χ0) is 19.9. The Morgan fingerprint density at radius 1 is 1.04 bits per heavy atom. The van der Waals surface area contributed by atoms with Crippen molar-refractivity contribution < 1.29 is 5.11 Å². The number of halogens is 1. The average molecular weight is 393 g/mol. The van der Waals surface area contributed by atoms with E-state index in [9.17, 15) is 5.11 Å². The number of aromatic nitrogens is 4. The molecular weight excluding hydrogens is 372 g/mol. The second kappa shape index (κ2) is 7.00. The Morgan fingerprint density at radius 3 is 2.50 bits per heavy atom. The van der Waals surface area contributed by atoms with E-state index in [1.165, 1.54) is 5.56 Å². The lowest BCUT2D eigenvalue weighted by molar-refractivity contribution is 0.281. The van der Waals surface area contributed by atoms with Crippen LogP contribution >= 0.6 is 11.6 Å². The van der Waals surface area contributed by atoms with Gasteiger partial charge in [0.2, 0.25) is 0 Å². The van der Waals surface area contributed by atoms with Gasteiger partial charge in [-0.1, -0.05) is 38.4 Å². The third-order valence-electron chi connectivity index (χ3n) is 4.71. The zero-order valence-corrected chi connectivity index (χ0v) is 16.7. The molecule has 0 saturated carbocycles. The number of H-pyrrole nitrogens is 1. The first kappa shape index (κ1) is 18.6. The van der Waals surface area contributed by atoms with Crippen molar-refractivity contribution in [2.75, 3.05) is 0 Å². The van der Waals surface area contributed by atoms with Gasteiger partial charge in [-0.05, 0) is 46.9 Å². The molecule has 2 N–H and O–H groups in total. The summed E-state index contributed by atoms with van der Waals surface area (Å²) in [5, 5.41) is 9.67. The van der Waals surface area contributed by atoms with Gasteiger partial charge in [0.1, 0.15) is 5.69 Å². The first-order valence-electron chi connectivity index (χ1n) is 9.07. The fourth-order valence-corrected chi connectivity index (χ4v) is 3.35. The number of aliphatic hydroxyl groups excluding tert-OH is 1. The summed E-state index contributed by atoms with van der Waals surface area (Å²) in [6, 6.07) is 11.8. The number of hydrogen-bond acceptors (Lipinski definition) is 4. The lowest BCUT2D eigenvalue weighted by Gasteiger charge is -2.18. The number of imidazole rings is 1. The van der Waals surface area contributed by atoms with Gasteiger partial charge in [0.25, 0.3) is 0 Å². The van der Waals surface area contributed by atoms with Gasteiger partial charge in [-0.3, -0.25) is 9.97 Å². The predicted octanol–water partition coefficient (Wildman–Crippen LogP) is 5.13. The van der Waals surface area contributed by atoms with Crippen LogP contribution in [0.25, 0.3) is 33.8 Å². The molecule has 142 valence electrons. The summed E-state index contributed by atoms with van der Waals surface area (Å²) in [7, 11) is 0. The Hall–Kier alpha value is -2.76. The average Bonchev–Trinajstić information content (AvgIpc) is 3.10. The van der Waals surface area contributed by atoms with Crippen LogP contribution in [0.5, 0.6) is 0 Å². The number of fused-ring (bicyclic) bond motifs is 1. The molecule has 0 aliphatic heterocycles. The number of hydrogen-bond donors (Lipinski definition) is 2. The predicted molar refractivity (Wildman–Crippen MR) is 112 cm³/mol. The van der Waals surface area contributed by atoms with Crippen molar-refractivity contribution in [1.82, 2.24) is 19.9 Å². The minimum Gasteiger partial charge on any atom is -0.392 e. The molecule has 0 aliphatic carbocycles.